The molecule has 0 unspecified atom stereocenters. The van der Waals surface area contributed by atoms with Crippen LogP contribution in [0.4, 0.5) is 17.1 Å². The molecule has 0 aromatic heterocycles. The van der Waals surface area contributed by atoms with Crippen LogP contribution >= 0.6 is 0 Å². The molecule has 2 heterocycles. The summed E-state index contributed by atoms with van der Waals surface area (Å²) >= 11 is 0. The predicted molar refractivity (Wildman–Crippen MR) is 138 cm³/mol. The molecule has 2 amide bonds. The SMILES string of the molecule is Cc1ccc(C2=C(Nc3ccc(N4CCCCC4)cc3)C(=O)N(c3ccc(C#N)cc3)C2=O)cc1. The Kier molecular flexibility index (Phi) is 6.07. The van der Waals surface area contributed by atoms with Gasteiger partial charge >= 0.3 is 0 Å². The Bertz CT molecular complexity index is 1330. The highest BCUT2D eigenvalue weighted by atomic mass is 16.2. The van der Waals surface area contributed by atoms with Crippen LogP contribution in [-0.4, -0.2) is 24.9 Å². The average molecular weight is 463 g/mol. The molecule has 0 atom stereocenters. The molecule has 174 valence electrons. The molecule has 0 saturated carbocycles. The summed E-state index contributed by atoms with van der Waals surface area (Å²) in [5, 5.41) is 12.3. The van der Waals surface area contributed by atoms with Crippen LogP contribution in [0.1, 0.15) is 36.0 Å². The summed E-state index contributed by atoms with van der Waals surface area (Å²) in [6.45, 7) is 4.09. The highest BCUT2D eigenvalue weighted by molar-refractivity contribution is 6.46. The number of rotatable bonds is 5. The Balaban J connectivity index is 1.49. The number of hydrogen-bond acceptors (Lipinski definition) is 5. The third-order valence-electron chi connectivity index (χ3n) is 6.54. The lowest BCUT2D eigenvalue weighted by Crippen LogP contribution is -2.32. The van der Waals surface area contributed by atoms with Crippen molar-refractivity contribution in [2.24, 2.45) is 0 Å². The number of piperidine rings is 1. The number of amides is 2. The molecule has 2 aliphatic heterocycles. The largest absolute Gasteiger partial charge is 0.372 e. The number of nitriles is 1. The number of benzene rings is 3. The summed E-state index contributed by atoms with van der Waals surface area (Å²) in [5.74, 6) is -0.814. The quantitative estimate of drug-likeness (QED) is 0.524. The Morgan fingerprint density at radius 1 is 0.771 bits per heavy atom. The van der Waals surface area contributed by atoms with Gasteiger partial charge in [-0.3, -0.25) is 9.59 Å². The van der Waals surface area contributed by atoms with Gasteiger partial charge in [0.2, 0.25) is 0 Å². The second-order valence-corrected chi connectivity index (χ2v) is 8.94. The molecule has 3 aromatic rings. The standard InChI is InChI=1S/C29H26N4O2/c1-20-5-9-22(10-6-20)26-27(29(35)33(28(26)34)25-13-7-21(19-30)8-14-25)31-23-11-15-24(16-12-23)32-17-3-2-4-18-32/h5-16,31H,2-4,17-18H2,1H3. The van der Waals surface area contributed by atoms with E-state index in [2.05, 4.69) is 28.4 Å². The summed E-state index contributed by atoms with van der Waals surface area (Å²) in [6.07, 6.45) is 3.68. The van der Waals surface area contributed by atoms with Gasteiger partial charge in [-0.25, -0.2) is 4.90 Å². The summed E-state index contributed by atoms with van der Waals surface area (Å²) in [4.78, 5) is 30.6. The van der Waals surface area contributed by atoms with E-state index in [0.29, 0.717) is 22.4 Å². The van der Waals surface area contributed by atoms with Crippen LogP contribution in [0.3, 0.4) is 0 Å². The van der Waals surface area contributed by atoms with Gasteiger partial charge in [0.15, 0.2) is 0 Å². The lowest BCUT2D eigenvalue weighted by Gasteiger charge is -2.28. The Morgan fingerprint density at radius 2 is 1.40 bits per heavy atom. The maximum Gasteiger partial charge on any atom is 0.282 e. The van der Waals surface area contributed by atoms with E-state index < -0.39 is 11.8 Å². The molecule has 1 saturated heterocycles. The number of nitrogens with one attached hydrogen (secondary N) is 1. The second kappa shape index (κ2) is 9.47. The first-order valence-electron chi connectivity index (χ1n) is 11.9. The van der Waals surface area contributed by atoms with Crippen LogP contribution in [0.5, 0.6) is 0 Å². The molecule has 0 spiro atoms. The molecule has 0 bridgehead atoms. The molecule has 2 aliphatic rings. The van der Waals surface area contributed by atoms with Gasteiger partial charge in [-0.2, -0.15) is 5.26 Å². The summed E-state index contributed by atoms with van der Waals surface area (Å²) < 4.78 is 0. The summed E-state index contributed by atoms with van der Waals surface area (Å²) in [6, 6.07) is 24.1. The molecule has 0 aliphatic carbocycles. The number of carbonyl (C=O) groups is 2. The predicted octanol–water partition coefficient (Wildman–Crippen LogP) is 5.25. The number of carbonyl (C=O) groups excluding carboxylic acids is 2. The summed E-state index contributed by atoms with van der Waals surface area (Å²) in [7, 11) is 0. The van der Waals surface area contributed by atoms with Crippen molar-refractivity contribution in [3.05, 3.63) is 95.2 Å². The number of anilines is 3. The second-order valence-electron chi connectivity index (χ2n) is 8.94. The van der Waals surface area contributed by atoms with Crippen molar-refractivity contribution >= 4 is 34.4 Å². The lowest BCUT2D eigenvalue weighted by molar-refractivity contribution is -0.120. The number of nitrogens with zero attached hydrogens (tertiary/aromatic N) is 3. The Labute approximate surface area is 205 Å². The van der Waals surface area contributed by atoms with Crippen molar-refractivity contribution in [2.45, 2.75) is 26.2 Å². The van der Waals surface area contributed by atoms with E-state index in [9.17, 15) is 9.59 Å². The molecular weight excluding hydrogens is 436 g/mol. The van der Waals surface area contributed by atoms with Gasteiger partial charge < -0.3 is 10.2 Å². The van der Waals surface area contributed by atoms with Crippen LogP contribution in [0.2, 0.25) is 0 Å². The van der Waals surface area contributed by atoms with Gasteiger partial charge in [0, 0.05) is 24.5 Å². The summed E-state index contributed by atoms with van der Waals surface area (Å²) in [5.41, 5.74) is 5.13. The van der Waals surface area contributed by atoms with E-state index in [-0.39, 0.29) is 5.70 Å². The fourth-order valence-electron chi connectivity index (χ4n) is 4.61. The molecule has 1 fully saturated rings. The van der Waals surface area contributed by atoms with Crippen LogP contribution in [0.25, 0.3) is 5.57 Å². The van der Waals surface area contributed by atoms with E-state index in [1.165, 1.54) is 24.2 Å². The molecule has 0 radical (unpaired) electrons. The lowest BCUT2D eigenvalue weighted by atomic mass is 10.0. The molecule has 1 N–H and O–H groups in total. The molecule has 5 rings (SSSR count). The maximum absolute atomic E-state index is 13.6. The Hall–Kier alpha value is -4.37. The molecule has 6 heteroatoms. The average Bonchev–Trinajstić information content (AvgIpc) is 3.14. The smallest absolute Gasteiger partial charge is 0.282 e. The fraction of sp³-hybridized carbons (Fsp3) is 0.207. The molecular formula is C29H26N4O2. The van der Waals surface area contributed by atoms with E-state index in [1.54, 1.807) is 24.3 Å². The zero-order valence-electron chi connectivity index (χ0n) is 19.6. The molecule has 35 heavy (non-hydrogen) atoms. The molecule has 3 aromatic carbocycles. The van der Waals surface area contributed by atoms with E-state index in [1.807, 2.05) is 43.3 Å². The van der Waals surface area contributed by atoms with Crippen molar-refractivity contribution in [1.82, 2.24) is 0 Å². The van der Waals surface area contributed by atoms with Crippen molar-refractivity contribution in [3.63, 3.8) is 0 Å². The first-order chi connectivity index (χ1) is 17.0. The van der Waals surface area contributed by atoms with Gasteiger partial charge in [-0.15, -0.1) is 0 Å². The highest BCUT2D eigenvalue weighted by Gasteiger charge is 2.40. The normalized spacial score (nSPS) is 16.0. The third-order valence-corrected chi connectivity index (χ3v) is 6.54. The monoisotopic (exact) mass is 462 g/mol. The van der Waals surface area contributed by atoms with Gasteiger partial charge in [0.25, 0.3) is 11.8 Å². The van der Waals surface area contributed by atoms with Crippen LogP contribution in [-0.2, 0) is 9.59 Å². The third kappa shape index (κ3) is 4.41. The number of imide groups is 1. The highest BCUT2D eigenvalue weighted by Crippen LogP contribution is 2.34. The van der Waals surface area contributed by atoms with Gasteiger partial charge in [0.1, 0.15) is 5.70 Å². The first kappa shape index (κ1) is 22.4. The van der Waals surface area contributed by atoms with Crippen molar-refractivity contribution in [2.75, 3.05) is 28.2 Å². The van der Waals surface area contributed by atoms with Crippen LogP contribution < -0.4 is 15.1 Å². The van der Waals surface area contributed by atoms with E-state index in [0.717, 1.165) is 30.0 Å². The van der Waals surface area contributed by atoms with Crippen molar-refractivity contribution < 1.29 is 9.59 Å². The minimum atomic E-state index is -0.421. The number of hydrogen-bond donors (Lipinski definition) is 1. The van der Waals surface area contributed by atoms with E-state index >= 15 is 0 Å². The minimum absolute atomic E-state index is 0.244. The topological polar surface area (TPSA) is 76.4 Å². The van der Waals surface area contributed by atoms with Crippen LogP contribution in [0.15, 0.2) is 78.5 Å². The van der Waals surface area contributed by atoms with Crippen molar-refractivity contribution in [1.29, 1.82) is 5.26 Å². The Morgan fingerprint density at radius 3 is 2.03 bits per heavy atom. The van der Waals surface area contributed by atoms with Gasteiger partial charge in [-0.05, 0) is 80.3 Å². The van der Waals surface area contributed by atoms with Crippen LogP contribution in [0, 0.1) is 18.3 Å². The zero-order chi connectivity index (χ0) is 24.4. The van der Waals surface area contributed by atoms with E-state index in [4.69, 9.17) is 5.26 Å². The van der Waals surface area contributed by atoms with Crippen molar-refractivity contribution in [3.8, 4) is 6.07 Å². The number of aryl methyl sites for hydroxylation is 1. The maximum atomic E-state index is 13.6. The first-order valence-corrected chi connectivity index (χ1v) is 11.9. The van der Waals surface area contributed by atoms with Gasteiger partial charge in [0.05, 0.1) is 22.9 Å². The fourth-order valence-corrected chi connectivity index (χ4v) is 4.61. The molecule has 6 nitrogen and oxygen atoms in total. The zero-order valence-corrected chi connectivity index (χ0v) is 19.6. The minimum Gasteiger partial charge on any atom is -0.372 e. The van der Waals surface area contributed by atoms with Gasteiger partial charge in [-0.1, -0.05) is 29.8 Å².